The van der Waals surface area contributed by atoms with Crippen LogP contribution in [-0.4, -0.2) is 20.4 Å². The van der Waals surface area contributed by atoms with Gasteiger partial charge < -0.3 is 4.98 Å². The van der Waals surface area contributed by atoms with Crippen LogP contribution in [0.5, 0.6) is 0 Å². The van der Waals surface area contributed by atoms with Gasteiger partial charge in [-0.05, 0) is 50.2 Å². The van der Waals surface area contributed by atoms with Crippen molar-refractivity contribution < 1.29 is 0 Å². The number of nitrogens with zero attached hydrogens (tertiary/aromatic N) is 3. The van der Waals surface area contributed by atoms with Crippen LogP contribution in [0.25, 0.3) is 88.8 Å². The Morgan fingerprint density at radius 1 is 0.327 bits per heavy atom. The Morgan fingerprint density at radius 3 is 1.51 bits per heavy atom. The summed E-state index contributed by atoms with van der Waals surface area (Å²) in [5, 5.41) is 16.5. The van der Waals surface area contributed by atoms with Crippen molar-refractivity contribution in [1.29, 1.82) is 0 Å². The van der Waals surface area contributed by atoms with Crippen molar-refractivity contribution in [3.8, 4) is 67.0 Å². The minimum absolute atomic E-state index is 0.771. The van der Waals surface area contributed by atoms with Gasteiger partial charge in [0.1, 0.15) is 11.4 Å². The Hall–Kier alpha value is -6.65. The molecule has 0 spiro atoms. The number of nitrogens with one attached hydrogen (secondary N) is 1. The molecule has 0 atom stereocenters. The van der Waals surface area contributed by atoms with Gasteiger partial charge in [-0.25, -0.2) is 0 Å². The van der Waals surface area contributed by atoms with Crippen LogP contribution in [-0.2, 0) is 0 Å². The van der Waals surface area contributed by atoms with Gasteiger partial charge in [0.15, 0.2) is 0 Å². The molecule has 0 amide bonds. The Kier molecular flexibility index (Phi) is 7.10. The molecule has 9 rings (SSSR count). The van der Waals surface area contributed by atoms with Crippen LogP contribution in [0.2, 0.25) is 0 Å². The van der Waals surface area contributed by atoms with Crippen LogP contribution >= 0.6 is 0 Å². The third-order valence-electron chi connectivity index (χ3n) is 9.31. The fourth-order valence-electron chi connectivity index (χ4n) is 7.10. The number of hydrogen-bond acceptors (Lipinski definition) is 3. The van der Waals surface area contributed by atoms with Gasteiger partial charge in [0.05, 0.1) is 5.52 Å². The van der Waals surface area contributed by atoms with Crippen LogP contribution in [0.15, 0.2) is 176 Å². The molecule has 49 heavy (non-hydrogen) atoms. The van der Waals surface area contributed by atoms with Crippen LogP contribution in [0.3, 0.4) is 0 Å². The molecule has 0 saturated heterocycles. The molecular weight excluding hydrogens is 597 g/mol. The lowest BCUT2D eigenvalue weighted by atomic mass is 9.85. The zero-order valence-electron chi connectivity index (χ0n) is 26.6. The van der Waals surface area contributed by atoms with E-state index >= 15 is 0 Å². The predicted molar refractivity (Wildman–Crippen MR) is 202 cm³/mol. The molecule has 0 aliphatic carbocycles. The molecule has 2 aromatic heterocycles. The number of fused-ring (bicyclic) bond motifs is 3. The lowest BCUT2D eigenvalue weighted by molar-refractivity contribution is 0.879. The quantitative estimate of drug-likeness (QED) is 0.200. The first-order valence-electron chi connectivity index (χ1n) is 16.5. The maximum absolute atomic E-state index is 4.97. The van der Waals surface area contributed by atoms with Crippen LogP contribution < -0.4 is 0 Å². The highest BCUT2D eigenvalue weighted by Crippen LogP contribution is 2.48. The smallest absolute Gasteiger partial charge is 0.108 e. The van der Waals surface area contributed by atoms with Gasteiger partial charge in [-0.1, -0.05) is 170 Å². The maximum atomic E-state index is 4.97. The number of H-pyrrole nitrogens is 1. The Morgan fingerprint density at radius 2 is 0.837 bits per heavy atom. The van der Waals surface area contributed by atoms with Crippen molar-refractivity contribution in [3.63, 3.8) is 0 Å². The molecule has 0 aliphatic rings. The predicted octanol–water partition coefficient (Wildman–Crippen LogP) is 11.5. The van der Waals surface area contributed by atoms with E-state index in [4.69, 9.17) is 10.2 Å². The van der Waals surface area contributed by atoms with Gasteiger partial charge in [-0.3, -0.25) is 0 Å². The van der Waals surface area contributed by atoms with Crippen molar-refractivity contribution in [3.05, 3.63) is 176 Å². The first-order chi connectivity index (χ1) is 24.3. The second kappa shape index (κ2) is 12.2. The topological polar surface area (TPSA) is 54.5 Å². The molecule has 7 aromatic carbocycles. The van der Waals surface area contributed by atoms with E-state index in [1.807, 2.05) is 18.2 Å². The average Bonchev–Trinajstić information content (AvgIpc) is 3.57. The van der Waals surface area contributed by atoms with E-state index in [9.17, 15) is 0 Å². The molecule has 0 aliphatic heterocycles. The molecule has 1 N–H and O–H groups in total. The highest BCUT2D eigenvalue weighted by molar-refractivity contribution is 6.16. The Balaban J connectivity index is 1.44. The van der Waals surface area contributed by atoms with E-state index in [0.29, 0.717) is 0 Å². The molecular formula is C45H30N4. The molecule has 0 radical (unpaired) electrons. The van der Waals surface area contributed by atoms with Crippen molar-refractivity contribution in [2.24, 2.45) is 0 Å². The summed E-state index contributed by atoms with van der Waals surface area (Å²) < 4.78 is 0. The summed E-state index contributed by atoms with van der Waals surface area (Å²) in [6.07, 6.45) is 0. The van der Waals surface area contributed by atoms with Crippen molar-refractivity contribution in [2.45, 2.75) is 0 Å². The number of hydrogen-bond donors (Lipinski definition) is 1. The second-order valence-corrected chi connectivity index (χ2v) is 12.1. The summed E-state index contributed by atoms with van der Waals surface area (Å²) in [5.41, 5.74) is 14.3. The number of aromatic amines is 1. The molecule has 0 fully saturated rings. The minimum Gasteiger partial charge on any atom is -0.354 e. The van der Waals surface area contributed by atoms with Gasteiger partial charge in [0, 0.05) is 33.0 Å². The highest BCUT2D eigenvalue weighted by Gasteiger charge is 2.26. The van der Waals surface area contributed by atoms with Crippen LogP contribution in [0.4, 0.5) is 0 Å². The van der Waals surface area contributed by atoms with Crippen LogP contribution in [0.1, 0.15) is 0 Å². The Bertz CT molecular complexity index is 2590. The fraction of sp³-hybridized carbons (Fsp3) is 0. The first kappa shape index (κ1) is 28.6. The largest absolute Gasteiger partial charge is 0.354 e. The SMILES string of the molecule is c1ccc(-c2ccccc2-c2ccc3c([nH]c4ccccc43)c2-c2nnnc(-c3ccccc3)c2-c2ccccc2-c2ccccc2)cc1. The van der Waals surface area contributed by atoms with E-state index < -0.39 is 0 Å². The summed E-state index contributed by atoms with van der Waals surface area (Å²) in [7, 11) is 0. The van der Waals surface area contributed by atoms with Crippen molar-refractivity contribution >= 4 is 21.8 Å². The zero-order valence-corrected chi connectivity index (χ0v) is 26.6. The number of rotatable bonds is 6. The van der Waals surface area contributed by atoms with Gasteiger partial charge >= 0.3 is 0 Å². The molecule has 230 valence electrons. The Labute approximate surface area is 284 Å². The monoisotopic (exact) mass is 626 g/mol. The molecule has 0 unspecified atom stereocenters. The highest BCUT2D eigenvalue weighted by atomic mass is 15.3. The summed E-state index contributed by atoms with van der Waals surface area (Å²) in [6, 6.07) is 61.5. The van der Waals surface area contributed by atoms with Gasteiger partial charge in [0.25, 0.3) is 0 Å². The summed E-state index contributed by atoms with van der Waals surface area (Å²) >= 11 is 0. The van der Waals surface area contributed by atoms with Gasteiger partial charge in [0.2, 0.25) is 0 Å². The maximum Gasteiger partial charge on any atom is 0.108 e. The van der Waals surface area contributed by atoms with Crippen molar-refractivity contribution in [2.75, 3.05) is 0 Å². The molecule has 9 aromatic rings. The third kappa shape index (κ3) is 4.98. The first-order valence-corrected chi connectivity index (χ1v) is 16.5. The zero-order chi connectivity index (χ0) is 32.6. The number of benzene rings is 7. The normalized spacial score (nSPS) is 11.3. The molecule has 4 heteroatoms. The third-order valence-corrected chi connectivity index (χ3v) is 9.31. The molecule has 2 heterocycles. The molecule has 0 saturated carbocycles. The van der Waals surface area contributed by atoms with E-state index in [2.05, 4.69) is 168 Å². The molecule has 0 bridgehead atoms. The number of para-hydroxylation sites is 1. The molecule has 4 nitrogen and oxygen atoms in total. The average molecular weight is 627 g/mol. The van der Waals surface area contributed by atoms with E-state index in [1.54, 1.807) is 0 Å². The standard InChI is InChI=1S/C45H30N4/c1-4-16-30(17-5-1)33-22-10-12-24-35(33)38-28-29-39-36-25-14-15-27-40(36)46-44(39)42(38)45-41(43(47-49-48-45)32-20-8-3-9-21-32)37-26-13-11-23-34(37)31-18-6-2-7-19-31/h1-29,46H. The van der Waals surface area contributed by atoms with E-state index in [-0.39, 0.29) is 0 Å². The summed E-state index contributed by atoms with van der Waals surface area (Å²) in [5.74, 6) is 0. The van der Waals surface area contributed by atoms with E-state index in [1.165, 1.54) is 0 Å². The second-order valence-electron chi connectivity index (χ2n) is 12.1. The fourth-order valence-corrected chi connectivity index (χ4v) is 7.10. The van der Waals surface area contributed by atoms with Gasteiger partial charge in [-0.2, -0.15) is 0 Å². The lowest BCUT2D eigenvalue weighted by Gasteiger charge is -2.20. The summed E-state index contributed by atoms with van der Waals surface area (Å²) in [6.45, 7) is 0. The summed E-state index contributed by atoms with van der Waals surface area (Å²) in [4.78, 5) is 3.81. The van der Waals surface area contributed by atoms with Crippen LogP contribution in [0, 0.1) is 0 Å². The van der Waals surface area contributed by atoms with E-state index in [0.717, 1.165) is 88.8 Å². The minimum atomic E-state index is 0.771. The lowest BCUT2D eigenvalue weighted by Crippen LogP contribution is -2.03. The number of aromatic nitrogens is 4. The van der Waals surface area contributed by atoms with Crippen molar-refractivity contribution in [1.82, 2.24) is 20.4 Å². The van der Waals surface area contributed by atoms with Gasteiger partial charge in [-0.15, -0.1) is 10.2 Å².